The summed E-state index contributed by atoms with van der Waals surface area (Å²) in [6, 6.07) is 16.3. The van der Waals surface area contributed by atoms with E-state index in [-0.39, 0.29) is 5.91 Å². The maximum atomic E-state index is 12.5. The summed E-state index contributed by atoms with van der Waals surface area (Å²) in [5.41, 5.74) is 6.10. The van der Waals surface area contributed by atoms with Crippen LogP contribution in [0.4, 0.5) is 0 Å². The second-order valence-corrected chi connectivity index (χ2v) is 9.22. The average molecular weight is 500 g/mol. The minimum Gasteiger partial charge on any atom is -0.481 e. The number of benzene rings is 2. The third-order valence-corrected chi connectivity index (χ3v) is 6.72. The minimum atomic E-state index is -1.10. The summed E-state index contributed by atoms with van der Waals surface area (Å²) in [6.07, 6.45) is 3.11. The zero-order valence-electron chi connectivity index (χ0n) is 20.7. The van der Waals surface area contributed by atoms with Crippen LogP contribution in [0.5, 0.6) is 0 Å². The Labute approximate surface area is 214 Å². The molecule has 0 fully saturated rings. The highest BCUT2D eigenvalue weighted by Gasteiger charge is 2.27. The predicted molar refractivity (Wildman–Crippen MR) is 136 cm³/mol. The molecule has 2 aromatic carbocycles. The molecule has 0 bridgehead atoms. The molecular weight excluding hydrogens is 470 g/mol. The molecular formula is C27H29N7O3. The summed E-state index contributed by atoms with van der Waals surface area (Å²) in [5.74, 6) is 0.109. The molecule has 0 saturated carbocycles. The number of aromatic nitrogens is 6. The molecule has 5 rings (SSSR count). The minimum absolute atomic E-state index is 0.356. The molecule has 3 heterocycles. The van der Waals surface area contributed by atoms with E-state index in [0.29, 0.717) is 31.9 Å². The number of aromatic amines is 1. The molecule has 0 radical (unpaired) electrons. The zero-order valence-corrected chi connectivity index (χ0v) is 20.7. The van der Waals surface area contributed by atoms with Gasteiger partial charge < -0.3 is 14.6 Å². The smallest absolute Gasteiger partial charge is 0.312 e. The Bertz CT molecular complexity index is 1390. The fourth-order valence-electron chi connectivity index (χ4n) is 4.81. The third-order valence-electron chi connectivity index (χ3n) is 6.72. The van der Waals surface area contributed by atoms with Gasteiger partial charge in [-0.1, -0.05) is 61.9 Å². The topological polar surface area (TPSA) is 130 Å². The lowest BCUT2D eigenvalue weighted by Gasteiger charge is -2.27. The number of carbonyl (C=O) groups is 2. The summed E-state index contributed by atoms with van der Waals surface area (Å²) in [4.78, 5) is 30.1. The summed E-state index contributed by atoms with van der Waals surface area (Å²) < 4.78 is 2.22. The van der Waals surface area contributed by atoms with Crippen LogP contribution in [0.15, 0.2) is 48.5 Å². The normalized spacial score (nSPS) is 12.9. The fraction of sp³-hybridized carbons (Fsp3) is 0.333. The van der Waals surface area contributed by atoms with Crippen molar-refractivity contribution < 1.29 is 14.7 Å². The number of amides is 1. The van der Waals surface area contributed by atoms with E-state index < -0.39 is 12.4 Å². The van der Waals surface area contributed by atoms with Crippen LogP contribution in [0.25, 0.3) is 22.5 Å². The molecule has 10 nitrogen and oxygen atoms in total. The van der Waals surface area contributed by atoms with Gasteiger partial charge in [0.15, 0.2) is 0 Å². The van der Waals surface area contributed by atoms with Crippen molar-refractivity contribution in [1.29, 1.82) is 0 Å². The molecule has 0 spiro atoms. The van der Waals surface area contributed by atoms with Gasteiger partial charge in [0, 0.05) is 31.5 Å². The standard InChI is InChI=1S/C27H29N7O3/c1-2-3-8-24-28-22-13-14-33(25(35)15-26(36)37)17-23(22)34(24)16-18-9-11-19(12-10-18)20-6-4-5-7-21(20)27-29-31-32-30-27/h4-7,9-12H,2-3,8,13-17H2,1H3,(H,36,37)(H,29,30,31,32). The first-order valence-electron chi connectivity index (χ1n) is 12.5. The van der Waals surface area contributed by atoms with Gasteiger partial charge in [-0.2, -0.15) is 5.21 Å². The van der Waals surface area contributed by atoms with E-state index in [1.807, 2.05) is 24.3 Å². The fourth-order valence-corrected chi connectivity index (χ4v) is 4.81. The van der Waals surface area contributed by atoms with Crippen LogP contribution in [-0.2, 0) is 35.5 Å². The summed E-state index contributed by atoms with van der Waals surface area (Å²) in [5, 5.41) is 23.5. The molecule has 0 unspecified atom stereocenters. The SMILES string of the molecule is CCCCc1nc2c(n1Cc1ccc(-c3ccccc3-c3nn[nH]n3)cc1)CN(C(=O)CC(=O)O)CC2. The second-order valence-electron chi connectivity index (χ2n) is 9.22. The molecule has 2 aromatic heterocycles. The molecule has 1 aliphatic rings. The molecule has 1 amide bonds. The quantitative estimate of drug-likeness (QED) is 0.337. The molecule has 190 valence electrons. The maximum Gasteiger partial charge on any atom is 0.312 e. The largest absolute Gasteiger partial charge is 0.481 e. The average Bonchev–Trinajstić information content (AvgIpc) is 3.56. The molecule has 0 aliphatic carbocycles. The van der Waals surface area contributed by atoms with Gasteiger partial charge in [0.1, 0.15) is 12.2 Å². The maximum absolute atomic E-state index is 12.5. The molecule has 0 saturated heterocycles. The van der Waals surface area contributed by atoms with Gasteiger partial charge in [0.25, 0.3) is 0 Å². The van der Waals surface area contributed by atoms with Crippen LogP contribution in [-0.4, -0.2) is 58.6 Å². The van der Waals surface area contributed by atoms with Crippen LogP contribution >= 0.6 is 0 Å². The predicted octanol–water partition coefficient (Wildman–Crippen LogP) is 3.48. The van der Waals surface area contributed by atoms with Crippen molar-refractivity contribution in [3.05, 3.63) is 71.3 Å². The van der Waals surface area contributed by atoms with Gasteiger partial charge in [-0.05, 0) is 28.3 Å². The van der Waals surface area contributed by atoms with E-state index in [0.717, 1.165) is 58.7 Å². The van der Waals surface area contributed by atoms with Crippen molar-refractivity contribution in [2.45, 2.75) is 52.1 Å². The van der Waals surface area contributed by atoms with Gasteiger partial charge in [0.2, 0.25) is 11.7 Å². The van der Waals surface area contributed by atoms with E-state index in [4.69, 9.17) is 10.1 Å². The number of aryl methyl sites for hydroxylation is 1. The number of hydrogen-bond donors (Lipinski definition) is 2. The zero-order chi connectivity index (χ0) is 25.8. The Morgan fingerprint density at radius 1 is 1.08 bits per heavy atom. The number of nitrogens with zero attached hydrogens (tertiary/aromatic N) is 6. The lowest BCUT2D eigenvalue weighted by molar-refractivity contribution is -0.144. The molecule has 0 atom stereocenters. The lowest BCUT2D eigenvalue weighted by atomic mass is 9.98. The number of nitrogens with one attached hydrogen (secondary N) is 1. The lowest BCUT2D eigenvalue weighted by Crippen LogP contribution is -2.37. The number of unbranched alkanes of at least 4 members (excludes halogenated alkanes) is 1. The second kappa shape index (κ2) is 10.7. The Kier molecular flexibility index (Phi) is 7.07. The molecule has 2 N–H and O–H groups in total. The molecule has 10 heteroatoms. The first kappa shape index (κ1) is 24.4. The third kappa shape index (κ3) is 5.28. The Morgan fingerprint density at radius 3 is 2.57 bits per heavy atom. The van der Waals surface area contributed by atoms with Gasteiger partial charge >= 0.3 is 5.97 Å². The Balaban J connectivity index is 1.42. The molecule has 1 aliphatic heterocycles. The van der Waals surface area contributed by atoms with Crippen molar-refractivity contribution in [2.24, 2.45) is 0 Å². The van der Waals surface area contributed by atoms with E-state index in [1.165, 1.54) is 0 Å². The van der Waals surface area contributed by atoms with Gasteiger partial charge in [-0.15, -0.1) is 10.2 Å². The number of H-pyrrole nitrogens is 1. The highest BCUT2D eigenvalue weighted by Crippen LogP contribution is 2.30. The highest BCUT2D eigenvalue weighted by molar-refractivity contribution is 5.93. The van der Waals surface area contributed by atoms with Gasteiger partial charge in [0.05, 0.1) is 17.9 Å². The highest BCUT2D eigenvalue weighted by atomic mass is 16.4. The first-order chi connectivity index (χ1) is 18.0. The van der Waals surface area contributed by atoms with Crippen molar-refractivity contribution >= 4 is 11.9 Å². The molecule has 37 heavy (non-hydrogen) atoms. The Hall–Kier alpha value is -4.34. The monoisotopic (exact) mass is 499 g/mol. The summed E-state index contributed by atoms with van der Waals surface area (Å²) in [6.45, 7) is 3.67. The number of aliphatic carboxylic acids is 1. The number of carbonyl (C=O) groups excluding carboxylic acids is 1. The number of rotatable bonds is 9. The van der Waals surface area contributed by atoms with E-state index in [9.17, 15) is 9.59 Å². The van der Waals surface area contributed by atoms with Crippen LogP contribution < -0.4 is 0 Å². The van der Waals surface area contributed by atoms with Crippen molar-refractivity contribution in [3.63, 3.8) is 0 Å². The number of imidazole rings is 1. The van der Waals surface area contributed by atoms with E-state index in [2.05, 4.69) is 56.4 Å². The number of hydrogen-bond acceptors (Lipinski definition) is 6. The van der Waals surface area contributed by atoms with E-state index in [1.54, 1.807) is 4.90 Å². The van der Waals surface area contributed by atoms with Crippen LogP contribution in [0, 0.1) is 0 Å². The Morgan fingerprint density at radius 2 is 1.86 bits per heavy atom. The number of carboxylic acid groups (broad SMARTS) is 1. The van der Waals surface area contributed by atoms with Crippen molar-refractivity contribution in [1.82, 2.24) is 35.1 Å². The van der Waals surface area contributed by atoms with Crippen LogP contribution in [0.3, 0.4) is 0 Å². The number of fused-ring (bicyclic) bond motifs is 1. The van der Waals surface area contributed by atoms with Gasteiger partial charge in [-0.25, -0.2) is 4.98 Å². The summed E-state index contributed by atoms with van der Waals surface area (Å²) >= 11 is 0. The number of tetrazole rings is 1. The first-order valence-corrected chi connectivity index (χ1v) is 12.5. The number of carboxylic acids is 1. The summed E-state index contributed by atoms with van der Waals surface area (Å²) in [7, 11) is 0. The van der Waals surface area contributed by atoms with Crippen LogP contribution in [0.1, 0.15) is 49.0 Å². The van der Waals surface area contributed by atoms with Gasteiger partial charge in [-0.3, -0.25) is 9.59 Å². The van der Waals surface area contributed by atoms with Crippen LogP contribution in [0.2, 0.25) is 0 Å². The van der Waals surface area contributed by atoms with Crippen molar-refractivity contribution in [3.8, 4) is 22.5 Å². The van der Waals surface area contributed by atoms with Crippen molar-refractivity contribution in [2.75, 3.05) is 6.54 Å². The molecule has 4 aromatic rings. The van der Waals surface area contributed by atoms with E-state index >= 15 is 0 Å².